The van der Waals surface area contributed by atoms with E-state index >= 15 is 0 Å². The van der Waals surface area contributed by atoms with Crippen molar-refractivity contribution in [2.75, 3.05) is 26.2 Å². The Hall–Kier alpha value is -3.63. The first-order valence-electron chi connectivity index (χ1n) is 10.1. The van der Waals surface area contributed by atoms with Gasteiger partial charge in [-0.3, -0.25) is 14.5 Å². The molecule has 0 radical (unpaired) electrons. The fourth-order valence-electron chi connectivity index (χ4n) is 4.10. The number of halogens is 1. The second-order valence-electron chi connectivity index (χ2n) is 7.45. The van der Waals surface area contributed by atoms with Crippen LogP contribution in [-0.4, -0.2) is 37.4 Å². The maximum atomic E-state index is 13.7. The van der Waals surface area contributed by atoms with Gasteiger partial charge in [-0.1, -0.05) is 22.9 Å². The van der Waals surface area contributed by atoms with Gasteiger partial charge in [-0.25, -0.2) is 0 Å². The van der Waals surface area contributed by atoms with Crippen molar-refractivity contribution in [2.45, 2.75) is 13.0 Å². The molecule has 0 fully saturated rings. The molecule has 0 N–H and O–H groups in total. The maximum absolute atomic E-state index is 13.7. The van der Waals surface area contributed by atoms with Crippen LogP contribution in [-0.2, 0) is 0 Å². The number of aromatic nitrogens is 2. The maximum Gasteiger partial charge on any atom is 0.297 e. The number of fused-ring (bicyclic) bond motifs is 2. The van der Waals surface area contributed by atoms with Crippen LogP contribution in [0.1, 0.15) is 32.7 Å². The van der Waals surface area contributed by atoms with Crippen molar-refractivity contribution in [3.63, 3.8) is 0 Å². The van der Waals surface area contributed by atoms with E-state index in [0.717, 1.165) is 0 Å². The summed E-state index contributed by atoms with van der Waals surface area (Å²) in [5.74, 6) is 0.568. The zero-order valence-corrected chi connectivity index (χ0v) is 20.1. The minimum atomic E-state index is -0.872. The molecule has 1 amide bonds. The highest BCUT2D eigenvalue weighted by Crippen LogP contribution is 2.46. The summed E-state index contributed by atoms with van der Waals surface area (Å²) in [5, 5.41) is 9.85. The molecule has 0 saturated heterocycles. The number of amides is 1. The van der Waals surface area contributed by atoms with Gasteiger partial charge in [0.25, 0.3) is 5.91 Å². The monoisotopic (exact) mass is 499 g/mol. The minimum Gasteiger partial charge on any atom is -0.493 e. The van der Waals surface area contributed by atoms with Gasteiger partial charge in [-0.2, -0.15) is 0 Å². The lowest BCUT2D eigenvalue weighted by Gasteiger charge is -2.23. The Labute approximate surface area is 202 Å². The second kappa shape index (κ2) is 8.30. The van der Waals surface area contributed by atoms with E-state index in [4.69, 9.17) is 30.2 Å². The average molecular weight is 500 g/mol. The Kier molecular flexibility index (Phi) is 5.41. The first-order valence-corrected chi connectivity index (χ1v) is 11.3. The largest absolute Gasteiger partial charge is 0.493 e. The van der Waals surface area contributed by atoms with Crippen molar-refractivity contribution in [1.29, 1.82) is 0 Å². The number of aryl methyl sites for hydroxylation is 1. The third-order valence-electron chi connectivity index (χ3n) is 5.56. The first kappa shape index (κ1) is 22.2. The fourth-order valence-corrected chi connectivity index (χ4v) is 4.99. The minimum absolute atomic E-state index is 0.0635. The average Bonchev–Trinajstić information content (AvgIpc) is 3.39. The molecule has 174 valence electrons. The van der Waals surface area contributed by atoms with Gasteiger partial charge in [0, 0.05) is 5.02 Å². The zero-order chi connectivity index (χ0) is 24.1. The van der Waals surface area contributed by atoms with Crippen LogP contribution in [0, 0.1) is 6.92 Å². The summed E-state index contributed by atoms with van der Waals surface area (Å²) in [7, 11) is 4.48. The van der Waals surface area contributed by atoms with Crippen LogP contribution < -0.4 is 24.5 Å². The molecule has 5 rings (SSSR count). The standard InChI is InChI=1S/C23H18ClN3O6S/c1-10-25-26-23(34-10)27-18(11-7-15(30-2)20(32-4)16(8-11)31-3)17-19(28)13-9-12(24)5-6-14(13)33-21(17)22(27)29/h5-9,18H,1-4H3/t18-/m1/s1. The van der Waals surface area contributed by atoms with E-state index < -0.39 is 11.9 Å². The van der Waals surface area contributed by atoms with Crippen LogP contribution in [0.2, 0.25) is 5.02 Å². The highest BCUT2D eigenvalue weighted by molar-refractivity contribution is 7.15. The van der Waals surface area contributed by atoms with E-state index in [1.165, 1.54) is 43.6 Å². The van der Waals surface area contributed by atoms with Crippen LogP contribution in [0.25, 0.3) is 11.0 Å². The zero-order valence-electron chi connectivity index (χ0n) is 18.5. The summed E-state index contributed by atoms with van der Waals surface area (Å²) < 4.78 is 22.4. The van der Waals surface area contributed by atoms with Gasteiger partial charge in [0.1, 0.15) is 10.6 Å². The van der Waals surface area contributed by atoms with Gasteiger partial charge in [0.15, 0.2) is 16.9 Å². The predicted molar refractivity (Wildman–Crippen MR) is 127 cm³/mol. The van der Waals surface area contributed by atoms with E-state index in [0.29, 0.717) is 38.0 Å². The highest BCUT2D eigenvalue weighted by Gasteiger charge is 2.45. The number of hydrogen-bond donors (Lipinski definition) is 0. The van der Waals surface area contributed by atoms with Crippen LogP contribution in [0.4, 0.5) is 5.13 Å². The van der Waals surface area contributed by atoms with Gasteiger partial charge in [0.2, 0.25) is 16.6 Å². The molecule has 2 aromatic heterocycles. The van der Waals surface area contributed by atoms with Gasteiger partial charge >= 0.3 is 0 Å². The molecule has 0 unspecified atom stereocenters. The normalized spacial score (nSPS) is 15.0. The van der Waals surface area contributed by atoms with E-state index in [2.05, 4.69) is 10.2 Å². The lowest BCUT2D eigenvalue weighted by atomic mass is 9.98. The number of benzene rings is 2. The Balaban J connectivity index is 1.84. The van der Waals surface area contributed by atoms with Gasteiger partial charge in [-0.15, -0.1) is 10.2 Å². The molecule has 0 aliphatic carbocycles. The number of nitrogens with zero attached hydrogens (tertiary/aromatic N) is 3. The topological polar surface area (TPSA) is 104 Å². The number of hydrogen-bond acceptors (Lipinski definition) is 9. The Morgan fingerprint density at radius 2 is 1.74 bits per heavy atom. The number of anilines is 1. The number of ether oxygens (including phenoxy) is 3. The van der Waals surface area contributed by atoms with Crippen molar-refractivity contribution in [3.05, 3.63) is 67.5 Å². The molecule has 0 bridgehead atoms. The van der Waals surface area contributed by atoms with E-state index in [1.54, 1.807) is 31.2 Å². The van der Waals surface area contributed by atoms with Crippen molar-refractivity contribution in [1.82, 2.24) is 10.2 Å². The summed E-state index contributed by atoms with van der Waals surface area (Å²) in [6.45, 7) is 1.78. The van der Waals surface area contributed by atoms with Gasteiger partial charge < -0.3 is 18.6 Å². The van der Waals surface area contributed by atoms with Crippen molar-refractivity contribution >= 4 is 44.9 Å². The molecular weight excluding hydrogens is 482 g/mol. The molecule has 1 atom stereocenters. The molecular formula is C23H18ClN3O6S. The van der Waals surface area contributed by atoms with Gasteiger partial charge in [0.05, 0.1) is 38.3 Å². The van der Waals surface area contributed by atoms with Crippen molar-refractivity contribution < 1.29 is 23.4 Å². The first-order chi connectivity index (χ1) is 16.4. The summed E-state index contributed by atoms with van der Waals surface area (Å²) in [4.78, 5) is 28.7. The summed E-state index contributed by atoms with van der Waals surface area (Å²) >= 11 is 7.37. The Bertz CT molecular complexity index is 1490. The van der Waals surface area contributed by atoms with Crippen molar-refractivity contribution in [3.8, 4) is 17.2 Å². The third-order valence-corrected chi connectivity index (χ3v) is 6.63. The highest BCUT2D eigenvalue weighted by atomic mass is 35.5. The third kappa shape index (κ3) is 3.29. The summed E-state index contributed by atoms with van der Waals surface area (Å²) in [6.07, 6.45) is 0. The number of carbonyl (C=O) groups is 1. The predicted octanol–water partition coefficient (Wildman–Crippen LogP) is 4.38. The lowest BCUT2D eigenvalue weighted by Crippen LogP contribution is -2.29. The molecule has 34 heavy (non-hydrogen) atoms. The quantitative estimate of drug-likeness (QED) is 0.398. The smallest absolute Gasteiger partial charge is 0.297 e. The van der Waals surface area contributed by atoms with Crippen LogP contribution in [0.5, 0.6) is 17.2 Å². The van der Waals surface area contributed by atoms with E-state index in [1.807, 2.05) is 0 Å². The molecule has 4 aromatic rings. The number of rotatable bonds is 5. The molecule has 9 nitrogen and oxygen atoms in total. The molecule has 3 heterocycles. The number of carbonyl (C=O) groups excluding carboxylic acids is 1. The molecule has 11 heteroatoms. The van der Waals surface area contributed by atoms with E-state index in [9.17, 15) is 9.59 Å². The second-order valence-corrected chi connectivity index (χ2v) is 9.05. The molecule has 1 aliphatic heterocycles. The van der Waals surface area contributed by atoms with E-state index in [-0.39, 0.29) is 27.7 Å². The fraction of sp³-hybridized carbons (Fsp3) is 0.217. The van der Waals surface area contributed by atoms with Crippen LogP contribution >= 0.6 is 22.9 Å². The summed E-state index contributed by atoms with van der Waals surface area (Å²) in [5.41, 5.74) is 0.611. The van der Waals surface area contributed by atoms with Crippen molar-refractivity contribution in [2.24, 2.45) is 0 Å². The SMILES string of the molecule is COc1cc([C@@H]2c3c(oc4ccc(Cl)cc4c3=O)C(=O)N2c2nnc(C)s2)cc(OC)c1OC. The Morgan fingerprint density at radius 1 is 1.03 bits per heavy atom. The molecule has 0 saturated carbocycles. The summed E-state index contributed by atoms with van der Waals surface area (Å²) in [6, 6.07) is 7.20. The molecule has 2 aromatic carbocycles. The molecule has 0 spiro atoms. The Morgan fingerprint density at radius 3 is 2.32 bits per heavy atom. The molecule has 1 aliphatic rings. The van der Waals surface area contributed by atoms with Crippen LogP contribution in [0.3, 0.4) is 0 Å². The number of methoxy groups -OCH3 is 3. The van der Waals surface area contributed by atoms with Gasteiger partial charge in [-0.05, 0) is 42.8 Å². The lowest BCUT2D eigenvalue weighted by molar-refractivity contribution is 0.0970. The van der Waals surface area contributed by atoms with Crippen LogP contribution in [0.15, 0.2) is 39.5 Å².